The molecule has 0 fully saturated rings. The van der Waals surface area contributed by atoms with Crippen LogP contribution in [0.5, 0.6) is 0 Å². The molecule has 33 heavy (non-hydrogen) atoms. The number of H-pyrrole nitrogens is 2. The minimum absolute atomic E-state index is 0.107. The maximum absolute atomic E-state index is 12.8. The molecule has 0 bridgehead atoms. The number of rotatable bonds is 5. The van der Waals surface area contributed by atoms with E-state index in [0.717, 1.165) is 33.8 Å². The summed E-state index contributed by atoms with van der Waals surface area (Å²) >= 11 is 9.54. The molecule has 6 nitrogen and oxygen atoms in total. The first-order valence-corrected chi connectivity index (χ1v) is 28.1. The Balaban J connectivity index is 0.000000278. The summed E-state index contributed by atoms with van der Waals surface area (Å²) in [4.78, 5) is 15.8. The molecule has 182 valence electrons. The molecule has 2 aromatic heterocycles. The van der Waals surface area contributed by atoms with E-state index in [1.54, 1.807) is 18.3 Å². The third kappa shape index (κ3) is 10.9. The van der Waals surface area contributed by atoms with Crippen molar-refractivity contribution in [3.05, 3.63) is 81.7 Å². The van der Waals surface area contributed by atoms with Gasteiger partial charge in [0, 0.05) is 82.8 Å². The number of hydrogen-bond donors (Lipinski definition) is 3. The summed E-state index contributed by atoms with van der Waals surface area (Å²) in [7, 11) is 0. The Morgan fingerprint density at radius 3 is 1.73 bits per heavy atom. The molecule has 4 N–H and O–H groups in total. The second-order valence-electron chi connectivity index (χ2n) is 6.41. The molecule has 0 saturated carbocycles. The molecule has 0 aliphatic rings. The monoisotopic (exact) mass is 1020 g/mol. The Morgan fingerprint density at radius 1 is 0.909 bits per heavy atom. The normalized spacial score (nSPS) is 10.0. The number of aromatic nitrogens is 2. The van der Waals surface area contributed by atoms with Crippen molar-refractivity contribution in [2.24, 2.45) is 5.73 Å². The molecule has 0 aliphatic carbocycles. The maximum atomic E-state index is 12.8. The first kappa shape index (κ1) is 31.4. The first-order valence-electron chi connectivity index (χ1n) is 9.23. The van der Waals surface area contributed by atoms with Gasteiger partial charge in [-0.25, -0.2) is 8.78 Å². The standard InChI is InChI=1S/C10H9FN2O2.C10H11FN2.I3.I2/c11-8-1-2-9-7(3-4-13(14)15)6-12-10(9)5-8;11-8-1-2-9-7(3-4-12)6-13-10(9)5-8;1-3-2;1-2/h1-2,5-6,12H,3-4H2;1-2,5-6,13H,3-4,12H2;;/q;;-1;. The van der Waals surface area contributed by atoms with Crippen molar-refractivity contribution >= 4 is 96.3 Å². The van der Waals surface area contributed by atoms with Crippen molar-refractivity contribution in [3.63, 3.8) is 0 Å². The fourth-order valence-corrected chi connectivity index (χ4v) is 3.10. The van der Waals surface area contributed by atoms with E-state index in [2.05, 4.69) is 84.4 Å². The van der Waals surface area contributed by atoms with Crippen molar-refractivity contribution in [3.8, 4) is 0 Å². The second kappa shape index (κ2) is 17.8. The minimum atomic E-state index is -0.359. The summed E-state index contributed by atoms with van der Waals surface area (Å²) in [5.74, 6) is -0.529. The van der Waals surface area contributed by atoms with Crippen LogP contribution in [0.3, 0.4) is 0 Å². The smallest absolute Gasteiger partial charge is 0.207 e. The summed E-state index contributed by atoms with van der Waals surface area (Å²) in [6, 6.07) is 9.12. The van der Waals surface area contributed by atoms with Gasteiger partial charge in [0.15, 0.2) is 0 Å². The molecule has 2 heterocycles. The van der Waals surface area contributed by atoms with Gasteiger partial charge in [-0.2, -0.15) is 0 Å². The number of nitrogens with zero attached hydrogens (tertiary/aromatic N) is 1. The van der Waals surface area contributed by atoms with Crippen molar-refractivity contribution < 1.29 is 27.0 Å². The summed E-state index contributed by atoms with van der Waals surface area (Å²) in [5, 5.41) is 12.1. The fraction of sp³-hybridized carbons (Fsp3) is 0.200. The quantitative estimate of drug-likeness (QED) is 0.156. The first-order chi connectivity index (χ1) is 15.9. The molecular formula is C20H20F2I5N4O2-. The number of halogens is 7. The molecule has 0 radical (unpaired) electrons. The zero-order chi connectivity index (χ0) is 24.8. The fourth-order valence-electron chi connectivity index (χ4n) is 3.10. The number of nitrogens with one attached hydrogen (secondary N) is 2. The molecule has 0 atom stereocenters. The van der Waals surface area contributed by atoms with Gasteiger partial charge >= 0.3 is 50.5 Å². The average molecular weight is 1020 g/mol. The maximum Gasteiger partial charge on any atom is 0.207 e. The SMILES string of the molecule is II.I[I-]I.NCCc1c[nH]c2cc(F)ccc12.O=[N+]([O-])CCc1c[nH]c2cc(F)ccc12. The third-order valence-corrected chi connectivity index (χ3v) is 4.44. The van der Waals surface area contributed by atoms with Gasteiger partial charge in [0.1, 0.15) is 11.6 Å². The van der Waals surface area contributed by atoms with Gasteiger partial charge in [-0.1, -0.05) is 0 Å². The molecule has 0 aliphatic heterocycles. The minimum Gasteiger partial charge on any atom is -0.361 e. The van der Waals surface area contributed by atoms with Crippen LogP contribution in [0.1, 0.15) is 11.1 Å². The predicted molar refractivity (Wildman–Crippen MR) is 161 cm³/mol. The molecule has 4 aromatic rings. The van der Waals surface area contributed by atoms with Gasteiger partial charge < -0.3 is 15.7 Å². The van der Waals surface area contributed by atoms with Crippen molar-refractivity contribution in [2.45, 2.75) is 12.8 Å². The Bertz CT molecular complexity index is 1140. The van der Waals surface area contributed by atoms with Crippen molar-refractivity contribution in [1.82, 2.24) is 9.97 Å². The van der Waals surface area contributed by atoms with Crippen LogP contribution in [-0.2, 0) is 12.8 Å². The van der Waals surface area contributed by atoms with E-state index in [9.17, 15) is 18.9 Å². The van der Waals surface area contributed by atoms with Crippen LogP contribution in [0, 0.1) is 21.7 Å². The summed E-state index contributed by atoms with van der Waals surface area (Å²) in [6.07, 6.45) is 4.76. The van der Waals surface area contributed by atoms with Crippen LogP contribution >= 0.6 is 74.5 Å². The van der Waals surface area contributed by atoms with Gasteiger partial charge in [0.05, 0.1) is 0 Å². The van der Waals surface area contributed by atoms with Gasteiger partial charge in [0.2, 0.25) is 6.54 Å². The van der Waals surface area contributed by atoms with E-state index in [1.165, 1.54) is 24.3 Å². The van der Waals surface area contributed by atoms with Crippen LogP contribution < -0.4 is 19.0 Å². The van der Waals surface area contributed by atoms with Crippen molar-refractivity contribution in [1.29, 1.82) is 0 Å². The second-order valence-corrected chi connectivity index (χ2v) is 22.7. The van der Waals surface area contributed by atoms with Gasteiger partial charge in [-0.3, -0.25) is 10.1 Å². The number of nitro groups is 1. The predicted octanol–water partition coefficient (Wildman–Crippen LogP) is 4.48. The van der Waals surface area contributed by atoms with Crippen LogP contribution in [0.4, 0.5) is 8.78 Å². The van der Waals surface area contributed by atoms with E-state index in [4.69, 9.17) is 5.73 Å². The van der Waals surface area contributed by atoms with Crippen LogP contribution in [0.2, 0.25) is 0 Å². The van der Waals surface area contributed by atoms with Gasteiger partial charge in [-0.05, 0) is 60.5 Å². The molecule has 0 unspecified atom stereocenters. The molecule has 2 aromatic carbocycles. The molecule has 0 spiro atoms. The molecule has 0 amide bonds. The van der Waals surface area contributed by atoms with E-state index in [1.807, 2.05) is 6.20 Å². The Labute approximate surface area is 243 Å². The number of hydrogen-bond acceptors (Lipinski definition) is 3. The molecule has 4 rings (SSSR count). The third-order valence-electron chi connectivity index (χ3n) is 4.44. The Morgan fingerprint density at radius 2 is 1.33 bits per heavy atom. The van der Waals surface area contributed by atoms with E-state index >= 15 is 0 Å². The zero-order valence-electron chi connectivity index (χ0n) is 16.9. The van der Waals surface area contributed by atoms with E-state index < -0.39 is 0 Å². The van der Waals surface area contributed by atoms with Crippen LogP contribution in [-0.4, -0.2) is 28.0 Å². The van der Waals surface area contributed by atoms with E-state index in [0.29, 0.717) is 31.7 Å². The van der Waals surface area contributed by atoms with E-state index in [-0.39, 0.29) is 23.1 Å². The Hall–Kier alpha value is 0.390. The average Bonchev–Trinajstić information content (AvgIpc) is 3.38. The van der Waals surface area contributed by atoms with Crippen LogP contribution in [0.25, 0.3) is 21.8 Å². The number of aromatic amines is 2. The number of nitrogens with two attached hydrogens (primary N) is 1. The zero-order valence-corrected chi connectivity index (χ0v) is 27.7. The molecular weight excluding hydrogens is 1000 g/mol. The van der Waals surface area contributed by atoms with Gasteiger partial charge in [-0.15, -0.1) is 0 Å². The van der Waals surface area contributed by atoms with Crippen molar-refractivity contribution in [2.75, 3.05) is 13.1 Å². The molecule has 13 heteroatoms. The largest absolute Gasteiger partial charge is 0.361 e. The van der Waals surface area contributed by atoms with Crippen LogP contribution in [0.15, 0.2) is 48.8 Å². The summed E-state index contributed by atoms with van der Waals surface area (Å²) in [5.41, 5.74) is 8.96. The Kier molecular flexibility index (Phi) is 16.9. The number of benzene rings is 2. The summed E-state index contributed by atoms with van der Waals surface area (Å²) in [6.45, 7) is 0.509. The number of fused-ring (bicyclic) bond motifs is 2. The molecule has 0 saturated heterocycles. The topological polar surface area (TPSA) is 101 Å². The van der Waals surface area contributed by atoms with Gasteiger partial charge in [0.25, 0.3) is 0 Å². The summed E-state index contributed by atoms with van der Waals surface area (Å²) < 4.78 is 25.6.